The number of nitrogens with one attached hydrogen (secondary N) is 1. The maximum Gasteiger partial charge on any atom is 0.338 e. The van der Waals surface area contributed by atoms with Gasteiger partial charge in [0.05, 0.1) is 16.9 Å². The highest BCUT2D eigenvalue weighted by Gasteiger charge is 2.24. The summed E-state index contributed by atoms with van der Waals surface area (Å²) in [7, 11) is 3.75. The Balaban J connectivity index is 1.61. The van der Waals surface area contributed by atoms with Crippen LogP contribution in [0.15, 0.2) is 48.5 Å². The maximum atomic E-state index is 12.3. The molecule has 0 atom stereocenters. The first-order valence-corrected chi connectivity index (χ1v) is 9.09. The van der Waals surface area contributed by atoms with Gasteiger partial charge in [-0.3, -0.25) is 9.59 Å². The number of esters is 1. The number of hydrogen-bond acceptors (Lipinski definition) is 5. The number of hydrogen-bond donors (Lipinski definition) is 1. The van der Waals surface area contributed by atoms with Crippen LogP contribution >= 0.6 is 0 Å². The Hall–Kier alpha value is -3.35. The molecule has 28 heavy (non-hydrogen) atoms. The van der Waals surface area contributed by atoms with Gasteiger partial charge in [-0.05, 0) is 36.8 Å². The highest BCUT2D eigenvalue weighted by molar-refractivity contribution is 6.02. The van der Waals surface area contributed by atoms with Crippen LogP contribution in [0.3, 0.4) is 0 Å². The van der Waals surface area contributed by atoms with Crippen LogP contribution in [0.5, 0.6) is 0 Å². The summed E-state index contributed by atoms with van der Waals surface area (Å²) in [4.78, 5) is 40.0. The van der Waals surface area contributed by atoms with Gasteiger partial charge in [-0.25, -0.2) is 4.79 Å². The zero-order valence-electron chi connectivity index (χ0n) is 16.0. The van der Waals surface area contributed by atoms with Gasteiger partial charge in [0.25, 0.3) is 5.91 Å². The number of carbonyl (C=O) groups is 3. The van der Waals surface area contributed by atoms with Crippen molar-refractivity contribution in [3.05, 3.63) is 54.1 Å². The van der Waals surface area contributed by atoms with E-state index in [1.807, 2.05) is 31.1 Å². The van der Waals surface area contributed by atoms with Crippen LogP contribution in [0.4, 0.5) is 17.1 Å². The van der Waals surface area contributed by atoms with E-state index in [0.717, 1.165) is 12.1 Å². The number of anilines is 3. The fourth-order valence-electron chi connectivity index (χ4n) is 3.03. The Morgan fingerprint density at radius 3 is 2.64 bits per heavy atom. The smallest absolute Gasteiger partial charge is 0.338 e. The molecule has 0 radical (unpaired) electrons. The normalized spacial score (nSPS) is 13.4. The van der Waals surface area contributed by atoms with Gasteiger partial charge in [-0.1, -0.05) is 18.2 Å². The summed E-state index contributed by atoms with van der Waals surface area (Å²) < 4.78 is 5.13. The molecule has 0 saturated carbocycles. The van der Waals surface area contributed by atoms with E-state index in [1.165, 1.54) is 0 Å². The Morgan fingerprint density at radius 1 is 1.14 bits per heavy atom. The molecule has 3 rings (SSSR count). The Labute approximate surface area is 163 Å². The standard InChI is InChI=1S/C21H23N3O4/c1-23(2)16-8-5-7-15(13-16)21(27)28-14-19(25)22-17-9-3-4-10-18(17)24-12-6-11-20(24)26/h3-5,7-10,13H,6,11-12,14H2,1-2H3,(H,22,25). The highest BCUT2D eigenvalue weighted by Crippen LogP contribution is 2.29. The number of para-hydroxylation sites is 2. The molecule has 1 N–H and O–H groups in total. The number of rotatable bonds is 6. The predicted molar refractivity (Wildman–Crippen MR) is 108 cm³/mol. The van der Waals surface area contributed by atoms with Crippen LogP contribution < -0.4 is 15.1 Å². The zero-order chi connectivity index (χ0) is 20.1. The van der Waals surface area contributed by atoms with Crippen LogP contribution in [-0.2, 0) is 14.3 Å². The first kappa shape index (κ1) is 19.4. The van der Waals surface area contributed by atoms with E-state index in [-0.39, 0.29) is 5.91 Å². The molecule has 7 heteroatoms. The Morgan fingerprint density at radius 2 is 1.93 bits per heavy atom. The molecule has 1 aliphatic heterocycles. The van der Waals surface area contributed by atoms with Crippen molar-refractivity contribution in [3.8, 4) is 0 Å². The van der Waals surface area contributed by atoms with Crippen molar-refractivity contribution >= 4 is 34.8 Å². The summed E-state index contributed by atoms with van der Waals surface area (Å²) >= 11 is 0. The van der Waals surface area contributed by atoms with E-state index >= 15 is 0 Å². The van der Waals surface area contributed by atoms with E-state index in [2.05, 4.69) is 5.32 Å². The molecular weight excluding hydrogens is 358 g/mol. The SMILES string of the molecule is CN(C)c1cccc(C(=O)OCC(=O)Nc2ccccc2N2CCCC2=O)c1. The number of amides is 2. The first-order chi connectivity index (χ1) is 13.5. The lowest BCUT2D eigenvalue weighted by Crippen LogP contribution is -2.27. The third-order valence-electron chi connectivity index (χ3n) is 4.47. The second-order valence-electron chi connectivity index (χ2n) is 6.74. The average molecular weight is 381 g/mol. The quantitative estimate of drug-likeness (QED) is 0.779. The third kappa shape index (κ3) is 4.49. The van der Waals surface area contributed by atoms with Gasteiger partial charge in [0.2, 0.25) is 5.91 Å². The molecular formula is C21H23N3O4. The molecule has 0 aromatic heterocycles. The molecule has 0 unspecified atom stereocenters. The zero-order valence-corrected chi connectivity index (χ0v) is 16.0. The van der Waals surface area contributed by atoms with Gasteiger partial charge in [0, 0.05) is 32.7 Å². The number of nitrogens with zero attached hydrogens (tertiary/aromatic N) is 2. The van der Waals surface area contributed by atoms with Crippen LogP contribution in [-0.4, -0.2) is 45.0 Å². The molecule has 1 fully saturated rings. The molecule has 2 aromatic carbocycles. The molecule has 0 spiro atoms. The summed E-state index contributed by atoms with van der Waals surface area (Å²) in [6.45, 7) is 0.218. The summed E-state index contributed by atoms with van der Waals surface area (Å²) in [5.41, 5.74) is 2.42. The summed E-state index contributed by atoms with van der Waals surface area (Å²) in [6.07, 6.45) is 1.30. The molecule has 2 aromatic rings. The summed E-state index contributed by atoms with van der Waals surface area (Å²) in [5.74, 6) is -0.994. The van der Waals surface area contributed by atoms with Crippen LogP contribution in [0.2, 0.25) is 0 Å². The van der Waals surface area contributed by atoms with Crippen molar-refractivity contribution in [2.45, 2.75) is 12.8 Å². The van der Waals surface area contributed by atoms with E-state index < -0.39 is 18.5 Å². The van der Waals surface area contributed by atoms with E-state index in [4.69, 9.17) is 4.74 Å². The lowest BCUT2D eigenvalue weighted by molar-refractivity contribution is -0.119. The van der Waals surface area contributed by atoms with Gasteiger partial charge < -0.3 is 19.9 Å². The fourth-order valence-corrected chi connectivity index (χ4v) is 3.03. The molecule has 146 valence electrons. The second kappa shape index (κ2) is 8.56. The van der Waals surface area contributed by atoms with Crippen molar-refractivity contribution in [1.29, 1.82) is 0 Å². The molecule has 2 amide bonds. The molecule has 1 saturated heterocycles. The highest BCUT2D eigenvalue weighted by atomic mass is 16.5. The van der Waals surface area contributed by atoms with Gasteiger partial charge >= 0.3 is 5.97 Å². The largest absolute Gasteiger partial charge is 0.452 e. The van der Waals surface area contributed by atoms with Crippen molar-refractivity contribution in [3.63, 3.8) is 0 Å². The minimum absolute atomic E-state index is 0.0360. The van der Waals surface area contributed by atoms with Crippen molar-refractivity contribution in [1.82, 2.24) is 0 Å². The molecule has 0 bridgehead atoms. The second-order valence-corrected chi connectivity index (χ2v) is 6.74. The summed E-state index contributed by atoms with van der Waals surface area (Å²) in [5, 5.41) is 2.73. The van der Waals surface area contributed by atoms with Crippen LogP contribution in [0.25, 0.3) is 0 Å². The van der Waals surface area contributed by atoms with E-state index in [0.29, 0.717) is 29.9 Å². The number of carbonyl (C=O) groups excluding carboxylic acids is 3. The van der Waals surface area contributed by atoms with Gasteiger partial charge in [-0.15, -0.1) is 0 Å². The van der Waals surface area contributed by atoms with Gasteiger partial charge in [0.1, 0.15) is 0 Å². The Kier molecular flexibility index (Phi) is 5.93. The predicted octanol–water partition coefficient (Wildman–Crippen LogP) is 2.67. The minimum Gasteiger partial charge on any atom is -0.452 e. The molecule has 0 aliphatic carbocycles. The minimum atomic E-state index is -0.568. The maximum absolute atomic E-state index is 12.3. The first-order valence-electron chi connectivity index (χ1n) is 9.09. The van der Waals surface area contributed by atoms with E-state index in [9.17, 15) is 14.4 Å². The average Bonchev–Trinajstić information content (AvgIpc) is 3.12. The van der Waals surface area contributed by atoms with Crippen molar-refractivity contribution < 1.29 is 19.1 Å². The van der Waals surface area contributed by atoms with Crippen molar-refractivity contribution in [2.24, 2.45) is 0 Å². The fraction of sp³-hybridized carbons (Fsp3) is 0.286. The topological polar surface area (TPSA) is 79.0 Å². The van der Waals surface area contributed by atoms with Gasteiger partial charge in [-0.2, -0.15) is 0 Å². The third-order valence-corrected chi connectivity index (χ3v) is 4.47. The molecule has 1 heterocycles. The number of benzene rings is 2. The van der Waals surface area contributed by atoms with Gasteiger partial charge in [0.15, 0.2) is 6.61 Å². The number of ether oxygens (including phenoxy) is 1. The van der Waals surface area contributed by atoms with Crippen molar-refractivity contribution in [2.75, 3.05) is 42.4 Å². The molecule has 1 aliphatic rings. The lowest BCUT2D eigenvalue weighted by Gasteiger charge is -2.20. The lowest BCUT2D eigenvalue weighted by atomic mass is 10.2. The summed E-state index contributed by atoms with van der Waals surface area (Å²) in [6, 6.07) is 14.1. The Bertz CT molecular complexity index is 895. The molecule has 7 nitrogen and oxygen atoms in total. The van der Waals surface area contributed by atoms with Crippen LogP contribution in [0.1, 0.15) is 23.2 Å². The van der Waals surface area contributed by atoms with E-state index in [1.54, 1.807) is 41.3 Å². The van der Waals surface area contributed by atoms with Crippen LogP contribution in [0, 0.1) is 0 Å². The monoisotopic (exact) mass is 381 g/mol.